The second kappa shape index (κ2) is 4.77. The first-order chi connectivity index (χ1) is 3.55. The van der Waals surface area contributed by atoms with Crippen molar-refractivity contribution in [3.8, 4) is 0 Å². The van der Waals surface area contributed by atoms with Crippen LogP contribution >= 0.6 is 0 Å². The monoisotopic (exact) mass is 162 g/mol. The summed E-state index contributed by atoms with van der Waals surface area (Å²) in [6.07, 6.45) is 0. The van der Waals surface area contributed by atoms with Crippen LogP contribution in [0.25, 0.3) is 0 Å². The number of carboxylic acids is 1. The summed E-state index contributed by atoms with van der Waals surface area (Å²) in [4.78, 5) is 10.1. The molecule has 0 heterocycles. The number of carbonyl (C=O) groups is 1. The summed E-state index contributed by atoms with van der Waals surface area (Å²) in [6.45, 7) is 5.16. The van der Waals surface area contributed by atoms with E-state index in [2.05, 4.69) is 0 Å². The van der Waals surface area contributed by atoms with E-state index in [0.717, 1.165) is 5.57 Å². The van der Waals surface area contributed by atoms with Crippen LogP contribution in [0.5, 0.6) is 0 Å². The fourth-order valence-corrected chi connectivity index (χ4v) is 0.214. The Morgan fingerprint density at radius 1 is 1.22 bits per heavy atom. The average molecular weight is 162 g/mol. The molecule has 9 heavy (non-hydrogen) atoms. The Balaban J connectivity index is 0. The number of aliphatic carboxylic acids is 1. The molecule has 0 spiro atoms. The summed E-state index contributed by atoms with van der Waals surface area (Å²) in [5, 5.41) is 8.29. The second-order valence-electron chi connectivity index (χ2n) is 1.93. The largest absolute Gasteiger partial charge is 0.478 e. The molecule has 0 fully saturated rings. The fourth-order valence-electron chi connectivity index (χ4n) is 0.214. The van der Waals surface area contributed by atoms with Gasteiger partial charge in [-0.1, -0.05) is 5.57 Å². The number of rotatable bonds is 1. The van der Waals surface area contributed by atoms with Gasteiger partial charge in [0.1, 0.15) is 0 Å². The minimum absolute atomic E-state index is 0. The average Bonchev–Trinajstić information content (AvgIpc) is 1.64. The smallest absolute Gasteiger partial charge is 0.331 e. The third kappa shape index (κ3) is 4.43. The van der Waals surface area contributed by atoms with Crippen LogP contribution < -0.4 is 0 Å². The first-order valence-corrected chi connectivity index (χ1v) is 2.43. The molecule has 0 bridgehead atoms. The van der Waals surface area contributed by atoms with E-state index in [0.29, 0.717) is 5.57 Å². The van der Waals surface area contributed by atoms with Crippen molar-refractivity contribution in [2.45, 2.75) is 20.8 Å². The van der Waals surface area contributed by atoms with E-state index in [-0.39, 0.29) is 21.7 Å². The third-order valence-electron chi connectivity index (χ3n) is 1.07. The zero-order valence-electron chi connectivity index (χ0n) is 5.86. The predicted octanol–water partition coefficient (Wildman–Crippen LogP) is 1.42. The molecular formula is C6H10O2Ti. The molecular weight excluding hydrogens is 152 g/mol. The number of allylic oxidation sites excluding steroid dienone is 1. The van der Waals surface area contributed by atoms with Crippen molar-refractivity contribution in [3.05, 3.63) is 11.1 Å². The molecule has 0 aliphatic rings. The van der Waals surface area contributed by atoms with Gasteiger partial charge in [0.25, 0.3) is 0 Å². The number of carboxylic acid groups (broad SMARTS) is 1. The second-order valence-corrected chi connectivity index (χ2v) is 1.93. The van der Waals surface area contributed by atoms with Crippen LogP contribution in [0.2, 0.25) is 0 Å². The first-order valence-electron chi connectivity index (χ1n) is 2.43. The van der Waals surface area contributed by atoms with E-state index in [1.54, 1.807) is 20.8 Å². The standard InChI is InChI=1S/C6H10O2.Ti/c1-4(2)5(3)6(7)8;/h1-3H3,(H,7,8);. The van der Waals surface area contributed by atoms with Crippen molar-refractivity contribution in [3.63, 3.8) is 0 Å². The normalized spacial score (nSPS) is 7.44. The molecule has 1 N–H and O–H groups in total. The van der Waals surface area contributed by atoms with Crippen molar-refractivity contribution >= 4 is 5.97 Å². The summed E-state index contributed by atoms with van der Waals surface area (Å²) >= 11 is 0. The van der Waals surface area contributed by atoms with Gasteiger partial charge < -0.3 is 5.11 Å². The van der Waals surface area contributed by atoms with E-state index in [1.165, 1.54) is 0 Å². The van der Waals surface area contributed by atoms with E-state index >= 15 is 0 Å². The zero-order valence-corrected chi connectivity index (χ0v) is 7.42. The maximum absolute atomic E-state index is 10.1. The summed E-state index contributed by atoms with van der Waals surface area (Å²) in [5.41, 5.74) is 1.29. The zero-order chi connectivity index (χ0) is 6.73. The topological polar surface area (TPSA) is 37.3 Å². The fraction of sp³-hybridized carbons (Fsp3) is 0.500. The van der Waals surface area contributed by atoms with Crippen LogP contribution in [-0.4, -0.2) is 11.1 Å². The Morgan fingerprint density at radius 2 is 1.56 bits per heavy atom. The molecule has 0 aromatic rings. The molecule has 0 aromatic carbocycles. The molecule has 3 heteroatoms. The minimum Gasteiger partial charge on any atom is -0.478 e. The van der Waals surface area contributed by atoms with Gasteiger partial charge in [-0.2, -0.15) is 0 Å². The molecule has 0 aromatic heterocycles. The number of hydrogen-bond donors (Lipinski definition) is 1. The minimum atomic E-state index is -0.829. The molecule has 50 valence electrons. The van der Waals surface area contributed by atoms with Crippen LogP contribution in [0.3, 0.4) is 0 Å². The Kier molecular flexibility index (Phi) is 6.20. The van der Waals surface area contributed by atoms with Gasteiger partial charge in [-0.05, 0) is 20.8 Å². The van der Waals surface area contributed by atoms with Crippen LogP contribution in [0.15, 0.2) is 11.1 Å². The first kappa shape index (κ1) is 11.7. The van der Waals surface area contributed by atoms with E-state index < -0.39 is 5.97 Å². The summed E-state index contributed by atoms with van der Waals surface area (Å²) in [7, 11) is 0. The van der Waals surface area contributed by atoms with Gasteiger partial charge in [0.2, 0.25) is 0 Å². The maximum atomic E-state index is 10.1. The SMILES string of the molecule is CC(C)=C(C)C(=O)O.[Ti]. The van der Waals surface area contributed by atoms with Gasteiger partial charge in [0.05, 0.1) is 0 Å². The van der Waals surface area contributed by atoms with E-state index in [9.17, 15) is 4.79 Å². The molecule has 2 nitrogen and oxygen atoms in total. The van der Waals surface area contributed by atoms with Crippen molar-refractivity contribution in [2.24, 2.45) is 0 Å². The van der Waals surface area contributed by atoms with Crippen LogP contribution in [0.1, 0.15) is 20.8 Å². The summed E-state index contributed by atoms with van der Waals surface area (Å²) in [6, 6.07) is 0. The molecule has 0 aliphatic heterocycles. The Hall–Kier alpha value is -0.0757. The van der Waals surface area contributed by atoms with Gasteiger partial charge in [-0.25, -0.2) is 4.79 Å². The molecule has 0 amide bonds. The Morgan fingerprint density at radius 3 is 1.56 bits per heavy atom. The molecule has 0 aliphatic carbocycles. The Labute approximate surface area is 69.8 Å². The van der Waals surface area contributed by atoms with Crippen LogP contribution in [0.4, 0.5) is 0 Å². The summed E-state index contributed by atoms with van der Waals surface area (Å²) in [5.74, 6) is -0.829. The maximum Gasteiger partial charge on any atom is 0.331 e. The van der Waals surface area contributed by atoms with E-state index in [4.69, 9.17) is 5.11 Å². The molecule has 0 unspecified atom stereocenters. The quantitative estimate of drug-likeness (QED) is 0.467. The van der Waals surface area contributed by atoms with Crippen LogP contribution in [0, 0.1) is 0 Å². The van der Waals surface area contributed by atoms with Gasteiger partial charge in [0, 0.05) is 27.3 Å². The van der Waals surface area contributed by atoms with E-state index in [1.807, 2.05) is 0 Å². The van der Waals surface area contributed by atoms with Crippen molar-refractivity contribution in [1.29, 1.82) is 0 Å². The third-order valence-corrected chi connectivity index (χ3v) is 1.07. The molecule has 0 radical (unpaired) electrons. The Bertz CT molecular complexity index is 134. The van der Waals surface area contributed by atoms with Crippen molar-refractivity contribution in [2.75, 3.05) is 0 Å². The van der Waals surface area contributed by atoms with Gasteiger partial charge in [-0.3, -0.25) is 0 Å². The summed E-state index contributed by atoms with van der Waals surface area (Å²) < 4.78 is 0. The number of hydrogen-bond acceptors (Lipinski definition) is 1. The molecule has 0 saturated carbocycles. The van der Waals surface area contributed by atoms with Gasteiger partial charge in [-0.15, -0.1) is 0 Å². The van der Waals surface area contributed by atoms with Crippen LogP contribution in [-0.2, 0) is 26.5 Å². The van der Waals surface area contributed by atoms with Crippen molar-refractivity contribution in [1.82, 2.24) is 0 Å². The van der Waals surface area contributed by atoms with Gasteiger partial charge >= 0.3 is 5.97 Å². The molecule has 0 saturated heterocycles. The molecule has 0 atom stereocenters. The van der Waals surface area contributed by atoms with Crippen molar-refractivity contribution < 1.29 is 31.6 Å². The predicted molar refractivity (Wildman–Crippen MR) is 31.7 cm³/mol. The van der Waals surface area contributed by atoms with Gasteiger partial charge in [0.15, 0.2) is 0 Å². The molecule has 0 rings (SSSR count).